The second kappa shape index (κ2) is 6.39. The first-order valence-electron chi connectivity index (χ1n) is 9.43. The van der Waals surface area contributed by atoms with Crippen LogP contribution in [0.4, 0.5) is 0 Å². The smallest absolute Gasteiger partial charge is 0.330 e. The molecule has 2 bridgehead atoms. The zero-order valence-electron chi connectivity index (χ0n) is 15.2. The van der Waals surface area contributed by atoms with Crippen LogP contribution in [0, 0.1) is 10.8 Å². The SMILES string of the molecule is O=C1CCC(=O)N1OC(=O)C12CCC(C(=O)ON3C(=O)CCC3=O)(CC1)CC2. The highest BCUT2D eigenvalue weighted by molar-refractivity contribution is 6.02. The fourth-order valence-corrected chi connectivity index (χ4v) is 4.47. The van der Waals surface area contributed by atoms with Crippen LogP contribution in [0.3, 0.4) is 0 Å². The lowest BCUT2D eigenvalue weighted by Crippen LogP contribution is -2.52. The van der Waals surface area contributed by atoms with Crippen molar-refractivity contribution in [3.05, 3.63) is 0 Å². The van der Waals surface area contributed by atoms with E-state index >= 15 is 0 Å². The molecule has 3 aliphatic carbocycles. The van der Waals surface area contributed by atoms with Crippen molar-refractivity contribution in [3.8, 4) is 0 Å². The van der Waals surface area contributed by atoms with Crippen molar-refractivity contribution in [2.45, 2.75) is 64.2 Å². The van der Waals surface area contributed by atoms with Gasteiger partial charge in [-0.1, -0.05) is 0 Å². The fourth-order valence-electron chi connectivity index (χ4n) is 4.47. The first-order valence-corrected chi connectivity index (χ1v) is 9.43. The Morgan fingerprint density at radius 3 is 1.07 bits per heavy atom. The predicted molar refractivity (Wildman–Crippen MR) is 86.9 cm³/mol. The molecule has 0 aromatic rings. The van der Waals surface area contributed by atoms with E-state index in [-0.39, 0.29) is 25.7 Å². The van der Waals surface area contributed by atoms with Crippen LogP contribution in [-0.2, 0) is 38.4 Å². The summed E-state index contributed by atoms with van der Waals surface area (Å²) in [4.78, 5) is 82.3. The summed E-state index contributed by atoms with van der Waals surface area (Å²) in [7, 11) is 0. The monoisotopic (exact) mass is 392 g/mol. The fraction of sp³-hybridized carbons (Fsp3) is 0.667. The maximum absolute atomic E-state index is 12.7. The van der Waals surface area contributed by atoms with Crippen LogP contribution in [0.25, 0.3) is 0 Å². The molecule has 10 nitrogen and oxygen atoms in total. The Labute approximate surface area is 160 Å². The quantitative estimate of drug-likeness (QED) is 0.634. The van der Waals surface area contributed by atoms with Crippen LogP contribution in [0.1, 0.15) is 64.2 Å². The first-order chi connectivity index (χ1) is 13.3. The van der Waals surface area contributed by atoms with E-state index in [9.17, 15) is 28.8 Å². The minimum atomic E-state index is -0.843. The number of fused-ring (bicyclic) bond motifs is 3. The summed E-state index contributed by atoms with van der Waals surface area (Å²) in [6.45, 7) is 0. The van der Waals surface area contributed by atoms with E-state index in [1.165, 1.54) is 0 Å². The molecule has 4 amide bonds. The van der Waals surface area contributed by atoms with E-state index in [4.69, 9.17) is 9.68 Å². The van der Waals surface area contributed by atoms with E-state index in [1.54, 1.807) is 0 Å². The van der Waals surface area contributed by atoms with Gasteiger partial charge in [-0.05, 0) is 38.5 Å². The molecule has 3 saturated carbocycles. The third-order valence-corrected chi connectivity index (χ3v) is 6.47. The molecule has 2 aliphatic heterocycles. The highest BCUT2D eigenvalue weighted by Gasteiger charge is 2.58. The standard InChI is InChI=1S/C18H20N2O8/c21-11-1-2-12(22)19(11)27-15(25)17-5-8-18(9-6-17,10-7-17)16(26)28-20-13(23)3-4-14(20)24/h1-10H2. The van der Waals surface area contributed by atoms with Gasteiger partial charge in [0.15, 0.2) is 0 Å². The molecule has 0 N–H and O–H groups in total. The number of carbonyl (C=O) groups is 6. The average Bonchev–Trinajstić information content (AvgIpc) is 3.19. The highest BCUT2D eigenvalue weighted by Crippen LogP contribution is 2.58. The van der Waals surface area contributed by atoms with Gasteiger partial charge in [0.2, 0.25) is 0 Å². The Morgan fingerprint density at radius 1 is 0.571 bits per heavy atom. The molecule has 28 heavy (non-hydrogen) atoms. The Hall–Kier alpha value is -2.78. The van der Waals surface area contributed by atoms with E-state index in [1.807, 2.05) is 0 Å². The van der Waals surface area contributed by atoms with Gasteiger partial charge in [-0.2, -0.15) is 0 Å². The third-order valence-electron chi connectivity index (χ3n) is 6.47. The number of hydrogen-bond acceptors (Lipinski definition) is 8. The van der Waals surface area contributed by atoms with Gasteiger partial charge in [0, 0.05) is 25.7 Å². The molecule has 10 heteroatoms. The number of hydrogen-bond donors (Lipinski definition) is 0. The Bertz CT molecular complexity index is 681. The molecule has 0 aromatic heterocycles. The second-order valence-corrected chi connectivity index (χ2v) is 7.98. The molecule has 5 rings (SSSR count). The summed E-state index contributed by atoms with van der Waals surface area (Å²) in [6.07, 6.45) is 2.20. The van der Waals surface area contributed by atoms with Gasteiger partial charge in [-0.25, -0.2) is 9.59 Å². The van der Waals surface area contributed by atoms with Crippen LogP contribution in [0.2, 0.25) is 0 Å². The lowest BCUT2D eigenvalue weighted by atomic mass is 9.54. The number of hydroxylamine groups is 4. The Morgan fingerprint density at radius 2 is 0.821 bits per heavy atom. The molecule has 5 aliphatic rings. The van der Waals surface area contributed by atoms with E-state index in [0.717, 1.165) is 0 Å². The molecular weight excluding hydrogens is 372 g/mol. The largest absolute Gasteiger partial charge is 0.339 e. The molecule has 0 unspecified atom stereocenters. The van der Waals surface area contributed by atoms with Gasteiger partial charge in [-0.15, -0.1) is 10.1 Å². The molecule has 0 aromatic carbocycles. The molecule has 0 spiro atoms. The van der Waals surface area contributed by atoms with Crippen molar-refractivity contribution in [1.82, 2.24) is 10.1 Å². The van der Waals surface area contributed by atoms with Gasteiger partial charge >= 0.3 is 11.9 Å². The molecule has 2 saturated heterocycles. The summed E-state index contributed by atoms with van der Waals surface area (Å²) in [5, 5.41) is 1.10. The number of amides is 4. The number of carbonyl (C=O) groups excluding carboxylic acids is 6. The predicted octanol–water partition coefficient (Wildman–Crippen LogP) is 0.541. The normalized spacial score (nSPS) is 32.3. The second-order valence-electron chi connectivity index (χ2n) is 7.98. The maximum atomic E-state index is 12.7. The molecule has 5 fully saturated rings. The van der Waals surface area contributed by atoms with Gasteiger partial charge in [-0.3, -0.25) is 19.2 Å². The lowest BCUT2D eigenvalue weighted by Gasteiger charge is -2.50. The van der Waals surface area contributed by atoms with Crippen molar-refractivity contribution >= 4 is 35.6 Å². The molecular formula is C18H20N2O8. The van der Waals surface area contributed by atoms with Crippen LogP contribution in [0.5, 0.6) is 0 Å². The summed E-state index contributed by atoms with van der Waals surface area (Å²) < 4.78 is 0. The van der Waals surface area contributed by atoms with Crippen molar-refractivity contribution in [2.24, 2.45) is 10.8 Å². The molecule has 150 valence electrons. The van der Waals surface area contributed by atoms with Crippen LogP contribution < -0.4 is 0 Å². The summed E-state index contributed by atoms with van der Waals surface area (Å²) >= 11 is 0. The maximum Gasteiger partial charge on any atom is 0.339 e. The van der Waals surface area contributed by atoms with Gasteiger partial charge in [0.1, 0.15) is 0 Å². The van der Waals surface area contributed by atoms with Crippen LogP contribution in [0.15, 0.2) is 0 Å². The molecule has 0 radical (unpaired) electrons. The molecule has 0 atom stereocenters. The summed E-state index contributed by atoms with van der Waals surface area (Å²) in [6, 6.07) is 0. The van der Waals surface area contributed by atoms with Crippen molar-refractivity contribution < 1.29 is 38.4 Å². The average molecular weight is 392 g/mol. The zero-order valence-corrected chi connectivity index (χ0v) is 15.2. The zero-order chi connectivity index (χ0) is 20.1. The summed E-state index contributed by atoms with van der Waals surface area (Å²) in [5.74, 6) is -3.36. The van der Waals surface area contributed by atoms with Crippen LogP contribution >= 0.6 is 0 Å². The first kappa shape index (κ1) is 18.6. The lowest BCUT2D eigenvalue weighted by molar-refractivity contribution is -0.219. The van der Waals surface area contributed by atoms with Crippen molar-refractivity contribution in [2.75, 3.05) is 0 Å². The minimum absolute atomic E-state index is 0.0298. The topological polar surface area (TPSA) is 127 Å². The summed E-state index contributed by atoms with van der Waals surface area (Å²) in [5.41, 5.74) is -1.69. The van der Waals surface area contributed by atoms with Gasteiger partial charge in [0.05, 0.1) is 10.8 Å². The highest BCUT2D eigenvalue weighted by atomic mass is 16.7. The Kier molecular flexibility index (Phi) is 4.24. The van der Waals surface area contributed by atoms with Gasteiger partial charge in [0.25, 0.3) is 23.6 Å². The number of rotatable bonds is 4. The van der Waals surface area contributed by atoms with Crippen molar-refractivity contribution in [3.63, 3.8) is 0 Å². The van der Waals surface area contributed by atoms with Gasteiger partial charge < -0.3 is 9.68 Å². The van der Waals surface area contributed by atoms with E-state index < -0.39 is 46.4 Å². The molecule has 2 heterocycles. The van der Waals surface area contributed by atoms with E-state index in [2.05, 4.69) is 0 Å². The van der Waals surface area contributed by atoms with Crippen LogP contribution in [-0.4, -0.2) is 45.7 Å². The Balaban J connectivity index is 1.40. The number of nitrogens with zero attached hydrogens (tertiary/aromatic N) is 2. The number of imide groups is 2. The van der Waals surface area contributed by atoms with Crippen molar-refractivity contribution in [1.29, 1.82) is 0 Å². The van der Waals surface area contributed by atoms with E-state index in [0.29, 0.717) is 48.7 Å². The third kappa shape index (κ3) is 2.78. The minimum Gasteiger partial charge on any atom is -0.330 e.